The largest absolute Gasteiger partial charge is 0.417 e. The Balaban J connectivity index is 1.68. The van der Waals surface area contributed by atoms with E-state index < -0.39 is 28.6 Å². The zero-order chi connectivity index (χ0) is 27.2. The van der Waals surface area contributed by atoms with Crippen molar-refractivity contribution in [1.29, 1.82) is 0 Å². The number of carbonyl (C=O) groups excluding carboxylic acids is 2. The molecule has 2 N–H and O–H groups in total. The first-order valence-electron chi connectivity index (χ1n) is 10.8. The fourth-order valence-corrected chi connectivity index (χ4v) is 4.40. The van der Waals surface area contributed by atoms with Crippen molar-refractivity contribution in [2.24, 2.45) is 0 Å². The average Bonchev–Trinajstić information content (AvgIpc) is 3.34. The number of aliphatic hydroxyl groups excluding tert-OH is 1. The molecular weight excluding hydrogens is 552 g/mol. The van der Waals surface area contributed by atoms with Gasteiger partial charge in [0.2, 0.25) is 0 Å². The number of amides is 1. The third-order valence-corrected chi connectivity index (χ3v) is 6.83. The van der Waals surface area contributed by atoms with Gasteiger partial charge >= 0.3 is 6.18 Å². The second-order valence-corrected chi connectivity index (χ2v) is 9.60. The van der Waals surface area contributed by atoms with Crippen LogP contribution in [0.2, 0.25) is 10.0 Å². The number of thiazole rings is 1. The van der Waals surface area contributed by atoms with E-state index in [-0.39, 0.29) is 45.8 Å². The van der Waals surface area contributed by atoms with Gasteiger partial charge in [0.1, 0.15) is 27.6 Å². The van der Waals surface area contributed by atoms with Crippen LogP contribution in [-0.2, 0) is 6.18 Å². The van der Waals surface area contributed by atoms with Gasteiger partial charge in [-0.05, 0) is 30.5 Å². The van der Waals surface area contributed by atoms with Crippen molar-refractivity contribution in [3.63, 3.8) is 0 Å². The molecule has 0 aliphatic rings. The molecule has 1 aromatic carbocycles. The van der Waals surface area contributed by atoms with Crippen LogP contribution in [-0.4, -0.2) is 38.4 Å². The molecule has 1 unspecified atom stereocenters. The van der Waals surface area contributed by atoms with Gasteiger partial charge in [-0.3, -0.25) is 9.59 Å². The van der Waals surface area contributed by atoms with E-state index in [1.54, 1.807) is 6.92 Å². The number of hydrogen-bond acceptors (Lipinski definition) is 7. The van der Waals surface area contributed by atoms with Crippen molar-refractivity contribution in [1.82, 2.24) is 15.0 Å². The van der Waals surface area contributed by atoms with E-state index in [0.717, 1.165) is 23.5 Å². The molecule has 1 amide bonds. The zero-order valence-corrected chi connectivity index (χ0v) is 21.5. The van der Waals surface area contributed by atoms with Gasteiger partial charge in [0, 0.05) is 31.1 Å². The van der Waals surface area contributed by atoms with Gasteiger partial charge in [0.15, 0.2) is 5.78 Å². The minimum Gasteiger partial charge on any atom is -0.396 e. The van der Waals surface area contributed by atoms with Gasteiger partial charge in [0.25, 0.3) is 5.91 Å². The second-order valence-electron chi connectivity index (χ2n) is 7.75. The fraction of sp³-hybridized carbons (Fsp3) is 0.292. The second kappa shape index (κ2) is 12.5. The summed E-state index contributed by atoms with van der Waals surface area (Å²) < 4.78 is 39.2. The number of nitrogens with one attached hydrogen (secondary N) is 1. The summed E-state index contributed by atoms with van der Waals surface area (Å²) in [5.41, 5.74) is -0.928. The van der Waals surface area contributed by atoms with Crippen molar-refractivity contribution in [2.75, 3.05) is 11.9 Å². The lowest BCUT2D eigenvalue weighted by atomic mass is 10.0. The maximum Gasteiger partial charge on any atom is 0.417 e. The summed E-state index contributed by atoms with van der Waals surface area (Å²) in [5, 5.41) is 11.2. The molecule has 0 spiro atoms. The number of benzene rings is 1. The number of anilines is 1. The highest BCUT2D eigenvalue weighted by Crippen LogP contribution is 2.36. The van der Waals surface area contributed by atoms with Crippen LogP contribution in [0.1, 0.15) is 68.5 Å². The molecule has 0 aliphatic heterocycles. The summed E-state index contributed by atoms with van der Waals surface area (Å²) in [4.78, 5) is 37.7. The molecule has 1 atom stereocenters. The van der Waals surface area contributed by atoms with Gasteiger partial charge in [0.05, 0.1) is 21.8 Å². The first-order valence-corrected chi connectivity index (χ1v) is 12.4. The maximum atomic E-state index is 13.1. The molecule has 0 aliphatic carbocycles. The summed E-state index contributed by atoms with van der Waals surface area (Å²) >= 11 is 12.9. The van der Waals surface area contributed by atoms with Gasteiger partial charge < -0.3 is 10.4 Å². The predicted octanol–water partition coefficient (Wildman–Crippen LogP) is 6.01. The monoisotopic (exact) mass is 570 g/mol. The van der Waals surface area contributed by atoms with E-state index in [9.17, 15) is 22.8 Å². The molecule has 0 saturated carbocycles. The third-order valence-electron chi connectivity index (χ3n) is 4.91. The highest BCUT2D eigenvalue weighted by molar-refractivity contribution is 7.13. The standard InChI is InChI=1S/C24H19Cl2F3N4O3S/c1-13(9-18(35)21-20(26)17(31-12-32-21)5-3-2-4-8-34)23-30-11-19(37-23)22(36)33-14-6-7-16(25)15(10-14)24(27,28)29/h6-7,10-13,34H,2,4,8-9H2,1H3,(H,33,36). The molecule has 3 aromatic rings. The van der Waals surface area contributed by atoms with E-state index >= 15 is 0 Å². The van der Waals surface area contributed by atoms with Crippen LogP contribution in [0.25, 0.3) is 0 Å². The lowest BCUT2D eigenvalue weighted by Crippen LogP contribution is -2.12. The van der Waals surface area contributed by atoms with E-state index in [1.165, 1.54) is 18.6 Å². The number of nitrogens with zero attached hydrogens (tertiary/aromatic N) is 3. The van der Waals surface area contributed by atoms with Crippen molar-refractivity contribution in [3.8, 4) is 11.8 Å². The van der Waals surface area contributed by atoms with Crippen LogP contribution < -0.4 is 5.32 Å². The number of aliphatic hydroxyl groups is 1. The lowest BCUT2D eigenvalue weighted by molar-refractivity contribution is -0.137. The Morgan fingerprint density at radius 1 is 1.22 bits per heavy atom. The Kier molecular flexibility index (Phi) is 9.62. The highest BCUT2D eigenvalue weighted by atomic mass is 35.5. The van der Waals surface area contributed by atoms with Crippen molar-refractivity contribution in [2.45, 2.75) is 38.3 Å². The number of aromatic nitrogens is 3. The molecule has 13 heteroatoms. The van der Waals surface area contributed by atoms with Gasteiger partial charge in [-0.2, -0.15) is 13.2 Å². The summed E-state index contributed by atoms with van der Waals surface area (Å²) in [7, 11) is 0. The number of unbranched alkanes of at least 4 members (excludes halogenated alkanes) is 1. The van der Waals surface area contributed by atoms with E-state index in [2.05, 4.69) is 32.1 Å². The Morgan fingerprint density at radius 3 is 2.68 bits per heavy atom. The van der Waals surface area contributed by atoms with Crippen molar-refractivity contribution >= 4 is 51.9 Å². The maximum absolute atomic E-state index is 13.1. The Morgan fingerprint density at radius 2 is 1.97 bits per heavy atom. The molecule has 2 heterocycles. The predicted molar refractivity (Wildman–Crippen MR) is 134 cm³/mol. The van der Waals surface area contributed by atoms with E-state index in [1.807, 2.05) is 0 Å². The number of ketones is 1. The van der Waals surface area contributed by atoms with E-state index in [4.69, 9.17) is 28.3 Å². The van der Waals surface area contributed by atoms with Crippen LogP contribution >= 0.6 is 34.5 Å². The molecule has 0 bridgehead atoms. The van der Waals surface area contributed by atoms with Gasteiger partial charge in [-0.15, -0.1) is 11.3 Å². The highest BCUT2D eigenvalue weighted by Gasteiger charge is 2.33. The van der Waals surface area contributed by atoms with E-state index in [0.29, 0.717) is 17.8 Å². The SMILES string of the molecule is CC(CC(=O)c1ncnc(C#CCCCO)c1Cl)c1ncc(C(=O)Nc2ccc(Cl)c(C(F)(F)F)c2)s1. The molecule has 7 nitrogen and oxygen atoms in total. The van der Waals surface area contributed by atoms with Crippen molar-refractivity contribution in [3.05, 3.63) is 67.6 Å². The fourth-order valence-electron chi connectivity index (χ4n) is 3.06. The lowest BCUT2D eigenvalue weighted by Gasteiger charge is -2.11. The van der Waals surface area contributed by atoms with Crippen LogP contribution in [0.3, 0.4) is 0 Å². The first-order chi connectivity index (χ1) is 17.5. The number of hydrogen-bond donors (Lipinski definition) is 2. The average molecular weight is 571 g/mol. The smallest absolute Gasteiger partial charge is 0.396 e. The third kappa shape index (κ3) is 7.49. The van der Waals surface area contributed by atoms with Gasteiger partial charge in [-0.25, -0.2) is 15.0 Å². The summed E-state index contributed by atoms with van der Waals surface area (Å²) in [5.74, 6) is 4.14. The number of carbonyl (C=O) groups is 2. The summed E-state index contributed by atoms with van der Waals surface area (Å²) in [6.45, 7) is 1.74. The first kappa shape index (κ1) is 28.5. The summed E-state index contributed by atoms with van der Waals surface area (Å²) in [6.07, 6.45) is -1.27. The number of alkyl halides is 3. The minimum absolute atomic E-state index is 0.00713. The number of halogens is 5. The minimum atomic E-state index is -4.67. The zero-order valence-electron chi connectivity index (χ0n) is 19.2. The molecule has 3 rings (SSSR count). The molecule has 0 radical (unpaired) electrons. The van der Waals surface area contributed by atoms with Crippen LogP contribution in [0, 0.1) is 11.8 Å². The van der Waals surface area contributed by atoms with Crippen molar-refractivity contribution < 1.29 is 27.9 Å². The van der Waals surface area contributed by atoms with Crippen LogP contribution in [0.15, 0.2) is 30.7 Å². The molecule has 194 valence electrons. The topological polar surface area (TPSA) is 105 Å². The molecule has 2 aromatic heterocycles. The van der Waals surface area contributed by atoms with Gasteiger partial charge in [-0.1, -0.05) is 36.0 Å². The Hall–Kier alpha value is -3.04. The van der Waals surface area contributed by atoms with Crippen LogP contribution in [0.5, 0.6) is 0 Å². The number of rotatable bonds is 8. The quantitative estimate of drug-likeness (QED) is 0.195. The Labute approximate surface area is 224 Å². The Bertz CT molecular complexity index is 1370. The molecule has 37 heavy (non-hydrogen) atoms. The molecule has 0 fully saturated rings. The van der Waals surface area contributed by atoms with Crippen LogP contribution in [0.4, 0.5) is 18.9 Å². The molecular formula is C24H19Cl2F3N4O3S. The number of Topliss-reactive ketones (excluding diaryl/α,β-unsaturated/α-hetero) is 1. The normalized spacial score (nSPS) is 12.0. The molecule has 0 saturated heterocycles. The summed E-state index contributed by atoms with van der Waals surface area (Å²) in [6, 6.07) is 3.06.